The Morgan fingerprint density at radius 1 is 1.27 bits per heavy atom. The number of hydrogen-bond donors (Lipinski definition) is 1. The van der Waals surface area contributed by atoms with Crippen LogP contribution in [-0.4, -0.2) is 11.3 Å². The molecule has 0 bridgehead atoms. The Morgan fingerprint density at radius 2 is 1.93 bits per heavy atom. The molecule has 3 unspecified atom stereocenters. The Balaban J connectivity index is 2.68. The van der Waals surface area contributed by atoms with Gasteiger partial charge in [0, 0.05) is 16.2 Å². The average Bonchev–Trinajstić information content (AvgIpc) is 2.65. The molecular weight excluding hydrogens is 222 g/mol. The van der Waals surface area contributed by atoms with Gasteiger partial charge in [-0.05, 0) is 24.3 Å². The molecule has 0 aliphatic rings. The van der Waals surface area contributed by atoms with Crippen molar-refractivity contribution in [3.05, 3.63) is 22.4 Å². The third-order valence-corrected chi connectivity index (χ3v) is 5.66. The molecule has 0 amide bonds. The molecule has 1 aromatic rings. The van der Waals surface area contributed by atoms with Crippen molar-refractivity contribution in [2.45, 2.75) is 44.2 Å². The number of nitrogens with two attached hydrogens (primary N) is 1. The van der Waals surface area contributed by atoms with Gasteiger partial charge >= 0.3 is 0 Å². The van der Waals surface area contributed by atoms with Crippen LogP contribution in [-0.2, 0) is 0 Å². The molecule has 0 spiro atoms. The molecule has 1 aromatic heterocycles. The third-order valence-electron chi connectivity index (χ3n) is 2.60. The van der Waals surface area contributed by atoms with E-state index < -0.39 is 0 Å². The van der Waals surface area contributed by atoms with Gasteiger partial charge in [0.15, 0.2) is 0 Å². The molecule has 1 heterocycles. The lowest BCUT2D eigenvalue weighted by molar-refractivity contribution is 0.632. The molecule has 3 atom stereocenters. The minimum atomic E-state index is 0.217. The van der Waals surface area contributed by atoms with Crippen LogP contribution in [0.3, 0.4) is 0 Å². The smallest absolute Gasteiger partial charge is 0.0542 e. The molecule has 3 heteroatoms. The van der Waals surface area contributed by atoms with Crippen molar-refractivity contribution < 1.29 is 0 Å². The highest BCUT2D eigenvalue weighted by atomic mass is 32.2. The van der Waals surface area contributed by atoms with E-state index in [9.17, 15) is 0 Å². The third kappa shape index (κ3) is 3.82. The zero-order chi connectivity index (χ0) is 11.4. The monoisotopic (exact) mass is 243 g/mol. The van der Waals surface area contributed by atoms with Crippen LogP contribution in [0, 0.1) is 5.92 Å². The lowest BCUT2D eigenvalue weighted by atomic mass is 10.1. The van der Waals surface area contributed by atoms with Gasteiger partial charge in [-0.2, -0.15) is 0 Å². The van der Waals surface area contributed by atoms with Crippen LogP contribution in [0.1, 0.15) is 37.8 Å². The Morgan fingerprint density at radius 3 is 2.33 bits per heavy atom. The predicted molar refractivity (Wildman–Crippen MR) is 72.6 cm³/mol. The number of thiophene rings is 1. The Hall–Kier alpha value is 0.01000. The first-order valence-electron chi connectivity index (χ1n) is 5.46. The van der Waals surface area contributed by atoms with E-state index in [4.69, 9.17) is 5.73 Å². The Bertz CT molecular complexity index is 267. The minimum Gasteiger partial charge on any atom is -0.327 e. The fraction of sp³-hybridized carbons (Fsp3) is 0.667. The van der Waals surface area contributed by atoms with Gasteiger partial charge < -0.3 is 5.73 Å². The maximum Gasteiger partial charge on any atom is 0.0542 e. The van der Waals surface area contributed by atoms with Gasteiger partial charge in [0.2, 0.25) is 0 Å². The van der Waals surface area contributed by atoms with Crippen LogP contribution >= 0.6 is 23.1 Å². The number of hydrogen-bond acceptors (Lipinski definition) is 3. The van der Waals surface area contributed by atoms with E-state index in [2.05, 4.69) is 45.2 Å². The van der Waals surface area contributed by atoms with Crippen molar-refractivity contribution in [3.63, 3.8) is 0 Å². The molecule has 0 aliphatic heterocycles. The largest absolute Gasteiger partial charge is 0.327 e. The number of thioether (sulfide) groups is 1. The first kappa shape index (κ1) is 13.1. The second kappa shape index (κ2) is 5.92. The molecule has 0 aliphatic carbocycles. The topological polar surface area (TPSA) is 26.0 Å². The predicted octanol–water partition coefficient (Wildman–Crippen LogP) is 3.91. The highest BCUT2D eigenvalue weighted by Gasteiger charge is 2.21. The SMILES string of the molecule is CC(C)C(C)SC(c1cccs1)C(C)N. The lowest BCUT2D eigenvalue weighted by Gasteiger charge is -2.25. The van der Waals surface area contributed by atoms with Crippen LogP contribution in [0.15, 0.2) is 17.5 Å². The molecule has 86 valence electrons. The van der Waals surface area contributed by atoms with Gasteiger partial charge in [0.25, 0.3) is 0 Å². The summed E-state index contributed by atoms with van der Waals surface area (Å²) in [5, 5.41) is 3.23. The second-order valence-electron chi connectivity index (χ2n) is 4.38. The van der Waals surface area contributed by atoms with E-state index >= 15 is 0 Å². The summed E-state index contributed by atoms with van der Waals surface area (Å²) in [6, 6.07) is 4.52. The molecule has 0 saturated carbocycles. The van der Waals surface area contributed by atoms with Crippen molar-refractivity contribution in [3.8, 4) is 0 Å². The molecular formula is C12H21NS2. The summed E-state index contributed by atoms with van der Waals surface area (Å²) in [5.74, 6) is 0.705. The maximum atomic E-state index is 6.06. The highest BCUT2D eigenvalue weighted by molar-refractivity contribution is 8.00. The zero-order valence-corrected chi connectivity index (χ0v) is 11.6. The van der Waals surface area contributed by atoms with E-state index in [1.54, 1.807) is 0 Å². The molecule has 1 nitrogen and oxygen atoms in total. The summed E-state index contributed by atoms with van der Waals surface area (Å²) >= 11 is 3.82. The van der Waals surface area contributed by atoms with E-state index in [-0.39, 0.29) is 6.04 Å². The van der Waals surface area contributed by atoms with E-state index in [0.29, 0.717) is 16.4 Å². The van der Waals surface area contributed by atoms with Gasteiger partial charge in [-0.25, -0.2) is 0 Å². The number of rotatable bonds is 5. The van der Waals surface area contributed by atoms with Gasteiger partial charge in [0.05, 0.1) is 5.25 Å². The molecule has 15 heavy (non-hydrogen) atoms. The molecule has 0 aromatic carbocycles. The Kier molecular flexibility index (Phi) is 5.16. The van der Waals surface area contributed by atoms with E-state index in [0.717, 1.165) is 0 Å². The van der Waals surface area contributed by atoms with Crippen molar-refractivity contribution in [2.75, 3.05) is 0 Å². The van der Waals surface area contributed by atoms with Crippen LogP contribution in [0.4, 0.5) is 0 Å². The second-order valence-corrected chi connectivity index (χ2v) is 6.88. The van der Waals surface area contributed by atoms with Crippen LogP contribution < -0.4 is 5.73 Å². The van der Waals surface area contributed by atoms with E-state index in [1.807, 2.05) is 23.1 Å². The highest BCUT2D eigenvalue weighted by Crippen LogP contribution is 2.38. The molecule has 0 fully saturated rings. The molecule has 2 N–H and O–H groups in total. The van der Waals surface area contributed by atoms with Gasteiger partial charge in [-0.1, -0.05) is 26.8 Å². The summed E-state index contributed by atoms with van der Waals surface area (Å²) in [6.07, 6.45) is 0. The summed E-state index contributed by atoms with van der Waals surface area (Å²) in [4.78, 5) is 1.41. The quantitative estimate of drug-likeness (QED) is 0.848. The fourth-order valence-corrected chi connectivity index (χ4v) is 3.68. The van der Waals surface area contributed by atoms with Crippen LogP contribution in [0.2, 0.25) is 0 Å². The lowest BCUT2D eigenvalue weighted by Crippen LogP contribution is -2.24. The summed E-state index contributed by atoms with van der Waals surface area (Å²) in [6.45, 7) is 8.93. The van der Waals surface area contributed by atoms with Crippen molar-refractivity contribution >= 4 is 23.1 Å². The summed E-state index contributed by atoms with van der Waals surface area (Å²) < 4.78 is 0. The normalized spacial score (nSPS) is 17.7. The average molecular weight is 243 g/mol. The summed E-state index contributed by atoms with van der Waals surface area (Å²) in [7, 11) is 0. The standard InChI is InChI=1S/C12H21NS2/c1-8(2)10(4)15-12(9(3)13)11-6-5-7-14-11/h5-10,12H,13H2,1-4H3. The zero-order valence-electron chi connectivity index (χ0n) is 9.94. The Labute approximate surface area is 101 Å². The van der Waals surface area contributed by atoms with Crippen LogP contribution in [0.25, 0.3) is 0 Å². The maximum absolute atomic E-state index is 6.06. The van der Waals surface area contributed by atoms with Crippen LogP contribution in [0.5, 0.6) is 0 Å². The molecule has 0 radical (unpaired) electrons. The first-order chi connectivity index (χ1) is 7.02. The van der Waals surface area contributed by atoms with E-state index in [1.165, 1.54) is 4.88 Å². The van der Waals surface area contributed by atoms with Crippen molar-refractivity contribution in [2.24, 2.45) is 11.7 Å². The van der Waals surface area contributed by atoms with Gasteiger partial charge in [-0.15, -0.1) is 23.1 Å². The van der Waals surface area contributed by atoms with Crippen molar-refractivity contribution in [1.82, 2.24) is 0 Å². The first-order valence-corrected chi connectivity index (χ1v) is 7.29. The minimum absolute atomic E-state index is 0.217. The molecule has 1 rings (SSSR count). The summed E-state index contributed by atoms with van der Waals surface area (Å²) in [5.41, 5.74) is 6.06. The molecule has 0 saturated heterocycles. The van der Waals surface area contributed by atoms with Crippen molar-refractivity contribution in [1.29, 1.82) is 0 Å². The fourth-order valence-electron chi connectivity index (χ4n) is 1.29. The van der Waals surface area contributed by atoms with Gasteiger partial charge in [0.1, 0.15) is 0 Å². The van der Waals surface area contributed by atoms with Gasteiger partial charge in [-0.3, -0.25) is 0 Å².